The van der Waals surface area contributed by atoms with Crippen LogP contribution in [0.2, 0.25) is 0 Å². The SMILES string of the molecule is CCC(C)(C)CC(=O)N1CCCC1C(=O)C1CCCN1C(=O)NCCC(C)(CC)CC. The van der Waals surface area contributed by atoms with Gasteiger partial charge >= 0.3 is 6.03 Å². The van der Waals surface area contributed by atoms with Gasteiger partial charge in [-0.1, -0.05) is 60.8 Å². The monoisotopic (exact) mass is 435 g/mol. The minimum atomic E-state index is -0.402. The van der Waals surface area contributed by atoms with E-state index < -0.39 is 6.04 Å². The minimum Gasteiger partial charge on any atom is -0.338 e. The average Bonchev–Trinajstić information content (AvgIpc) is 3.42. The number of hydrogen-bond donors (Lipinski definition) is 1. The Kier molecular flexibility index (Phi) is 8.96. The molecule has 2 rings (SSSR count). The fraction of sp³-hybridized carbons (Fsp3) is 0.880. The van der Waals surface area contributed by atoms with E-state index in [4.69, 9.17) is 0 Å². The van der Waals surface area contributed by atoms with Crippen LogP contribution in [0.5, 0.6) is 0 Å². The van der Waals surface area contributed by atoms with Crippen molar-refractivity contribution < 1.29 is 14.4 Å². The van der Waals surface area contributed by atoms with Crippen LogP contribution in [0, 0.1) is 10.8 Å². The maximum absolute atomic E-state index is 13.4. The molecule has 0 bridgehead atoms. The summed E-state index contributed by atoms with van der Waals surface area (Å²) in [6.45, 7) is 14.8. The first kappa shape index (κ1) is 25.7. The molecule has 0 aliphatic carbocycles. The number of nitrogens with one attached hydrogen (secondary N) is 1. The lowest BCUT2D eigenvalue weighted by atomic mass is 9.81. The maximum Gasteiger partial charge on any atom is 0.318 e. The van der Waals surface area contributed by atoms with Crippen LogP contribution in [0.25, 0.3) is 0 Å². The first-order chi connectivity index (χ1) is 14.6. The molecule has 0 saturated carbocycles. The summed E-state index contributed by atoms with van der Waals surface area (Å²) in [6.07, 6.45) is 7.63. The van der Waals surface area contributed by atoms with Gasteiger partial charge in [-0.05, 0) is 42.9 Å². The Morgan fingerprint density at radius 1 is 0.871 bits per heavy atom. The molecule has 0 spiro atoms. The average molecular weight is 436 g/mol. The molecule has 3 amide bonds. The number of hydrogen-bond acceptors (Lipinski definition) is 3. The summed E-state index contributed by atoms with van der Waals surface area (Å²) in [4.78, 5) is 42.7. The van der Waals surface area contributed by atoms with E-state index in [1.54, 1.807) is 9.80 Å². The largest absolute Gasteiger partial charge is 0.338 e. The van der Waals surface area contributed by atoms with Crippen molar-refractivity contribution >= 4 is 17.7 Å². The van der Waals surface area contributed by atoms with Gasteiger partial charge in [-0.2, -0.15) is 0 Å². The summed E-state index contributed by atoms with van der Waals surface area (Å²) in [7, 11) is 0. The van der Waals surface area contributed by atoms with E-state index in [9.17, 15) is 14.4 Å². The van der Waals surface area contributed by atoms with E-state index in [1.165, 1.54) is 0 Å². The number of ketones is 1. The van der Waals surface area contributed by atoms with Crippen LogP contribution in [0.4, 0.5) is 4.79 Å². The van der Waals surface area contributed by atoms with Crippen LogP contribution in [0.3, 0.4) is 0 Å². The molecule has 1 N–H and O–H groups in total. The quantitative estimate of drug-likeness (QED) is 0.538. The second kappa shape index (κ2) is 10.8. The number of carbonyl (C=O) groups excluding carboxylic acids is 3. The Labute approximate surface area is 189 Å². The topological polar surface area (TPSA) is 69.7 Å². The second-order valence-electron chi connectivity index (χ2n) is 10.7. The number of likely N-dealkylation sites (tertiary alicyclic amines) is 2. The van der Waals surface area contributed by atoms with Crippen molar-refractivity contribution in [2.75, 3.05) is 19.6 Å². The van der Waals surface area contributed by atoms with Crippen LogP contribution in [-0.4, -0.2) is 59.2 Å². The summed E-state index contributed by atoms with van der Waals surface area (Å²) in [5.74, 6) is 0.134. The highest BCUT2D eigenvalue weighted by Gasteiger charge is 2.43. The van der Waals surface area contributed by atoms with Gasteiger partial charge in [0.05, 0.1) is 12.1 Å². The van der Waals surface area contributed by atoms with E-state index in [2.05, 4.69) is 46.9 Å². The number of rotatable bonds is 10. The summed E-state index contributed by atoms with van der Waals surface area (Å²) < 4.78 is 0. The normalized spacial score (nSPS) is 22.1. The van der Waals surface area contributed by atoms with E-state index in [-0.39, 0.29) is 34.6 Å². The molecule has 178 valence electrons. The summed E-state index contributed by atoms with van der Waals surface area (Å²) in [5, 5.41) is 3.05. The van der Waals surface area contributed by atoms with Gasteiger partial charge in [0.15, 0.2) is 5.78 Å². The van der Waals surface area contributed by atoms with Crippen LogP contribution in [0.1, 0.15) is 99.3 Å². The number of urea groups is 1. The lowest BCUT2D eigenvalue weighted by molar-refractivity contribution is -0.140. The molecule has 2 unspecified atom stereocenters. The van der Waals surface area contributed by atoms with E-state index in [0.29, 0.717) is 38.9 Å². The Hall–Kier alpha value is -1.59. The van der Waals surface area contributed by atoms with Gasteiger partial charge in [0.2, 0.25) is 5.91 Å². The van der Waals surface area contributed by atoms with Crippen molar-refractivity contribution in [2.45, 2.75) is 111 Å². The van der Waals surface area contributed by atoms with Gasteiger partial charge in [0.1, 0.15) is 0 Å². The Morgan fingerprint density at radius 2 is 1.42 bits per heavy atom. The van der Waals surface area contributed by atoms with Crippen LogP contribution in [0.15, 0.2) is 0 Å². The van der Waals surface area contributed by atoms with Crippen molar-refractivity contribution in [3.05, 3.63) is 0 Å². The molecule has 2 aliphatic rings. The standard InChI is InChI=1S/C25H45N3O3/c1-7-24(4,5)18-21(29)27-16-10-12-19(27)22(30)20-13-11-17-28(20)23(31)26-15-14-25(6,8-2)9-3/h19-20H,7-18H2,1-6H3,(H,26,31). The molecule has 6 heteroatoms. The molecule has 2 aliphatic heterocycles. The van der Waals surface area contributed by atoms with Crippen molar-refractivity contribution in [1.29, 1.82) is 0 Å². The molecule has 0 aromatic carbocycles. The molecular weight excluding hydrogens is 390 g/mol. The smallest absolute Gasteiger partial charge is 0.318 e. The highest BCUT2D eigenvalue weighted by molar-refractivity contribution is 5.95. The van der Waals surface area contributed by atoms with Crippen molar-refractivity contribution in [1.82, 2.24) is 15.1 Å². The molecule has 6 nitrogen and oxygen atoms in total. The third kappa shape index (κ3) is 6.45. The van der Waals surface area contributed by atoms with Gasteiger partial charge in [-0.25, -0.2) is 4.79 Å². The predicted molar refractivity (Wildman–Crippen MR) is 125 cm³/mol. The van der Waals surface area contributed by atoms with Gasteiger partial charge in [-0.15, -0.1) is 0 Å². The number of carbonyl (C=O) groups is 3. The van der Waals surface area contributed by atoms with Gasteiger partial charge < -0.3 is 15.1 Å². The highest BCUT2D eigenvalue weighted by atomic mass is 16.2. The lowest BCUT2D eigenvalue weighted by Crippen LogP contribution is -2.52. The molecule has 2 atom stereocenters. The van der Waals surface area contributed by atoms with Gasteiger partial charge in [-0.3, -0.25) is 9.59 Å². The van der Waals surface area contributed by atoms with E-state index in [0.717, 1.165) is 38.5 Å². The Morgan fingerprint density at radius 3 is 1.97 bits per heavy atom. The van der Waals surface area contributed by atoms with Crippen molar-refractivity contribution in [3.8, 4) is 0 Å². The molecule has 31 heavy (non-hydrogen) atoms. The molecule has 2 heterocycles. The minimum absolute atomic E-state index is 0.0553. The zero-order valence-corrected chi connectivity index (χ0v) is 20.8. The van der Waals surface area contributed by atoms with Gasteiger partial charge in [0.25, 0.3) is 0 Å². The van der Waals surface area contributed by atoms with E-state index >= 15 is 0 Å². The molecule has 2 saturated heterocycles. The molecule has 0 aromatic heterocycles. The summed E-state index contributed by atoms with van der Waals surface area (Å²) in [6, 6.07) is -0.906. The maximum atomic E-state index is 13.4. The third-order valence-electron chi connectivity index (χ3n) is 8.04. The Bertz CT molecular complexity index is 642. The van der Waals surface area contributed by atoms with Crippen LogP contribution < -0.4 is 5.32 Å². The van der Waals surface area contributed by atoms with Crippen molar-refractivity contribution in [2.24, 2.45) is 10.8 Å². The van der Waals surface area contributed by atoms with Gasteiger partial charge in [0, 0.05) is 26.1 Å². The van der Waals surface area contributed by atoms with E-state index in [1.807, 2.05) is 0 Å². The first-order valence-electron chi connectivity index (χ1n) is 12.4. The predicted octanol–water partition coefficient (Wildman–Crippen LogP) is 4.76. The van der Waals surface area contributed by atoms with Crippen LogP contribution in [-0.2, 0) is 9.59 Å². The first-order valence-corrected chi connectivity index (χ1v) is 12.4. The zero-order chi connectivity index (χ0) is 23.2. The summed E-state index contributed by atoms with van der Waals surface area (Å²) >= 11 is 0. The van der Waals surface area contributed by atoms with Crippen LogP contribution >= 0.6 is 0 Å². The van der Waals surface area contributed by atoms with Crippen molar-refractivity contribution in [3.63, 3.8) is 0 Å². The number of Topliss-reactive ketones (excluding diaryl/α,β-unsaturated/α-hetero) is 1. The molecule has 0 aromatic rings. The second-order valence-corrected chi connectivity index (χ2v) is 10.7. The molecule has 0 radical (unpaired) electrons. The number of nitrogens with zero attached hydrogens (tertiary/aromatic N) is 2. The number of amides is 3. The molecule has 2 fully saturated rings. The zero-order valence-electron chi connectivity index (χ0n) is 20.8. The Balaban J connectivity index is 1.98. The lowest BCUT2D eigenvalue weighted by Gasteiger charge is -2.32. The summed E-state index contributed by atoms with van der Waals surface area (Å²) in [5.41, 5.74) is 0.183. The molecular formula is C25H45N3O3. The fourth-order valence-corrected chi connectivity index (χ4v) is 4.70. The fourth-order valence-electron chi connectivity index (χ4n) is 4.70. The third-order valence-corrected chi connectivity index (χ3v) is 8.04. The highest BCUT2D eigenvalue weighted by Crippen LogP contribution is 2.31.